The van der Waals surface area contributed by atoms with Crippen LogP contribution in [0, 0.1) is 11.6 Å². The minimum atomic E-state index is -0.889. The van der Waals surface area contributed by atoms with Gasteiger partial charge in [0.25, 0.3) is 5.91 Å². The van der Waals surface area contributed by atoms with Crippen LogP contribution in [-0.2, 0) is 5.41 Å². The van der Waals surface area contributed by atoms with Crippen LogP contribution in [0.15, 0.2) is 55.0 Å². The second-order valence-electron chi connectivity index (χ2n) is 6.85. The van der Waals surface area contributed by atoms with Crippen molar-refractivity contribution in [2.75, 3.05) is 6.54 Å². The smallest absolute Gasteiger partial charge is 0.257 e. The second kappa shape index (κ2) is 7.28. The van der Waals surface area contributed by atoms with Gasteiger partial charge in [0.05, 0.1) is 10.7 Å². The zero-order chi connectivity index (χ0) is 19.7. The fraction of sp³-hybridized carbons (Fsp3) is 0.190. The molecule has 0 bridgehead atoms. The van der Waals surface area contributed by atoms with Gasteiger partial charge in [-0.1, -0.05) is 17.7 Å². The third-order valence-electron chi connectivity index (χ3n) is 4.99. The zero-order valence-corrected chi connectivity index (χ0v) is 15.5. The Morgan fingerprint density at radius 1 is 1.11 bits per heavy atom. The number of aromatic nitrogens is 2. The van der Waals surface area contributed by atoms with Gasteiger partial charge in [0.15, 0.2) is 0 Å². The van der Waals surface area contributed by atoms with Gasteiger partial charge < -0.3 is 5.32 Å². The summed E-state index contributed by atoms with van der Waals surface area (Å²) >= 11 is 6.48. The van der Waals surface area contributed by atoms with Gasteiger partial charge in [-0.2, -0.15) is 0 Å². The fourth-order valence-electron chi connectivity index (χ4n) is 3.23. The topological polar surface area (TPSA) is 54.9 Å². The molecule has 2 heterocycles. The second-order valence-corrected chi connectivity index (χ2v) is 7.26. The number of pyridine rings is 2. The lowest BCUT2D eigenvalue weighted by molar-refractivity contribution is 0.0941. The average Bonchev–Trinajstić information content (AvgIpc) is 3.48. The van der Waals surface area contributed by atoms with Crippen LogP contribution in [0.3, 0.4) is 0 Å². The molecule has 4 nitrogen and oxygen atoms in total. The van der Waals surface area contributed by atoms with Crippen LogP contribution in [0.25, 0.3) is 11.1 Å². The minimum Gasteiger partial charge on any atom is -0.351 e. The van der Waals surface area contributed by atoms with Crippen LogP contribution in [0.2, 0.25) is 5.02 Å². The molecular formula is C21H16ClF2N3O. The van der Waals surface area contributed by atoms with Crippen molar-refractivity contribution < 1.29 is 13.6 Å². The molecule has 1 N–H and O–H groups in total. The average molecular weight is 400 g/mol. The number of nitrogens with one attached hydrogen (secondary N) is 1. The summed E-state index contributed by atoms with van der Waals surface area (Å²) in [5.41, 5.74) is 1.51. The summed E-state index contributed by atoms with van der Waals surface area (Å²) in [6.07, 6.45) is 6.69. The molecule has 142 valence electrons. The molecule has 1 aliphatic carbocycles. The van der Waals surface area contributed by atoms with E-state index in [-0.39, 0.29) is 6.54 Å². The molecule has 7 heteroatoms. The lowest BCUT2D eigenvalue weighted by Crippen LogP contribution is -2.34. The SMILES string of the molecule is O=C(NCC1(c2ncc(-c3ccncc3)cc2Cl)CC1)c1c(F)cccc1F. The highest BCUT2D eigenvalue weighted by Gasteiger charge is 2.47. The number of rotatable bonds is 5. The third kappa shape index (κ3) is 3.47. The molecule has 0 saturated heterocycles. The van der Waals surface area contributed by atoms with Crippen molar-refractivity contribution in [1.29, 1.82) is 0 Å². The number of hydrogen-bond donors (Lipinski definition) is 1. The molecule has 2 aromatic heterocycles. The number of amides is 1. The van der Waals surface area contributed by atoms with Crippen molar-refractivity contribution in [1.82, 2.24) is 15.3 Å². The first-order valence-corrected chi connectivity index (χ1v) is 9.17. The molecule has 0 atom stereocenters. The van der Waals surface area contributed by atoms with Gasteiger partial charge in [0.2, 0.25) is 0 Å². The summed E-state index contributed by atoms with van der Waals surface area (Å²) in [4.78, 5) is 20.8. The Balaban J connectivity index is 1.52. The number of carbonyl (C=O) groups excluding carboxylic acids is 1. The summed E-state index contributed by atoms with van der Waals surface area (Å²) in [6, 6.07) is 8.89. The van der Waals surface area contributed by atoms with E-state index in [4.69, 9.17) is 11.6 Å². The Kier molecular flexibility index (Phi) is 4.81. The molecule has 1 aliphatic rings. The predicted molar refractivity (Wildman–Crippen MR) is 102 cm³/mol. The standard InChI is InChI=1S/C21H16ClF2N3O/c22-15-10-14(13-4-8-25-9-5-13)11-26-19(15)21(6-7-21)12-27-20(28)18-16(23)2-1-3-17(18)24/h1-5,8-11H,6-7,12H2,(H,27,28). The number of benzene rings is 1. The molecule has 0 spiro atoms. The number of carbonyl (C=O) groups is 1. The normalized spacial score (nSPS) is 14.5. The van der Waals surface area contributed by atoms with Gasteiger partial charge in [-0.25, -0.2) is 8.78 Å². The third-order valence-corrected chi connectivity index (χ3v) is 5.28. The summed E-state index contributed by atoms with van der Waals surface area (Å²) in [7, 11) is 0. The Morgan fingerprint density at radius 2 is 1.79 bits per heavy atom. The maximum Gasteiger partial charge on any atom is 0.257 e. The molecule has 1 aromatic carbocycles. The highest BCUT2D eigenvalue weighted by molar-refractivity contribution is 6.31. The van der Waals surface area contributed by atoms with Crippen molar-refractivity contribution in [3.63, 3.8) is 0 Å². The van der Waals surface area contributed by atoms with E-state index < -0.39 is 28.5 Å². The van der Waals surface area contributed by atoms with Crippen LogP contribution in [0.5, 0.6) is 0 Å². The van der Waals surface area contributed by atoms with E-state index in [0.29, 0.717) is 10.7 Å². The number of hydrogen-bond acceptors (Lipinski definition) is 3. The number of halogens is 3. The Labute approximate surface area is 165 Å². The van der Waals surface area contributed by atoms with Gasteiger partial charge in [0.1, 0.15) is 17.2 Å². The quantitative estimate of drug-likeness (QED) is 0.685. The van der Waals surface area contributed by atoms with Crippen LogP contribution >= 0.6 is 11.6 Å². The largest absolute Gasteiger partial charge is 0.351 e. The molecule has 0 aliphatic heterocycles. The van der Waals surface area contributed by atoms with Crippen molar-refractivity contribution in [3.8, 4) is 11.1 Å². The molecule has 1 saturated carbocycles. The van der Waals surface area contributed by atoms with Gasteiger partial charge >= 0.3 is 0 Å². The number of nitrogens with zero attached hydrogens (tertiary/aromatic N) is 2. The predicted octanol–water partition coefficient (Wildman–Crippen LogP) is 4.54. The van der Waals surface area contributed by atoms with Gasteiger partial charge in [0, 0.05) is 36.1 Å². The van der Waals surface area contributed by atoms with E-state index in [0.717, 1.165) is 36.1 Å². The van der Waals surface area contributed by atoms with Crippen molar-refractivity contribution in [3.05, 3.63) is 82.9 Å². The molecule has 1 fully saturated rings. The summed E-state index contributed by atoms with van der Waals surface area (Å²) < 4.78 is 27.6. The molecule has 28 heavy (non-hydrogen) atoms. The van der Waals surface area contributed by atoms with E-state index >= 15 is 0 Å². The molecule has 0 unspecified atom stereocenters. The zero-order valence-electron chi connectivity index (χ0n) is 14.8. The maximum atomic E-state index is 13.8. The Morgan fingerprint density at radius 3 is 2.39 bits per heavy atom. The van der Waals surface area contributed by atoms with E-state index in [1.165, 1.54) is 6.07 Å². The highest BCUT2D eigenvalue weighted by Crippen LogP contribution is 2.49. The van der Waals surface area contributed by atoms with E-state index in [1.54, 1.807) is 18.6 Å². The van der Waals surface area contributed by atoms with Crippen molar-refractivity contribution in [2.45, 2.75) is 18.3 Å². The lowest BCUT2D eigenvalue weighted by Gasteiger charge is -2.18. The van der Waals surface area contributed by atoms with Gasteiger partial charge in [-0.3, -0.25) is 14.8 Å². The van der Waals surface area contributed by atoms with Gasteiger partial charge in [-0.15, -0.1) is 0 Å². The Bertz CT molecular complexity index is 1020. The first kappa shape index (κ1) is 18.5. The molecular weight excluding hydrogens is 384 g/mol. The van der Waals surface area contributed by atoms with Gasteiger partial charge in [-0.05, 0) is 48.7 Å². The molecule has 1 amide bonds. The first-order valence-electron chi connectivity index (χ1n) is 8.79. The van der Waals surface area contributed by atoms with E-state index in [1.807, 2.05) is 18.2 Å². The van der Waals surface area contributed by atoms with Crippen LogP contribution in [-0.4, -0.2) is 22.4 Å². The summed E-state index contributed by atoms with van der Waals surface area (Å²) in [5.74, 6) is -2.56. The lowest BCUT2D eigenvalue weighted by atomic mass is 9.99. The maximum absolute atomic E-state index is 13.8. The Hall–Kier alpha value is -2.86. The van der Waals surface area contributed by atoms with E-state index in [2.05, 4.69) is 15.3 Å². The molecule has 3 aromatic rings. The molecule has 0 radical (unpaired) electrons. The molecule has 4 rings (SSSR count). The van der Waals surface area contributed by atoms with Crippen molar-refractivity contribution >= 4 is 17.5 Å². The summed E-state index contributed by atoms with van der Waals surface area (Å²) in [6.45, 7) is 0.209. The van der Waals surface area contributed by atoms with Crippen LogP contribution < -0.4 is 5.32 Å². The van der Waals surface area contributed by atoms with Crippen LogP contribution in [0.1, 0.15) is 28.9 Å². The fourth-order valence-corrected chi connectivity index (χ4v) is 3.60. The van der Waals surface area contributed by atoms with Crippen LogP contribution in [0.4, 0.5) is 8.78 Å². The summed E-state index contributed by atoms with van der Waals surface area (Å²) in [5, 5.41) is 3.13. The highest BCUT2D eigenvalue weighted by atomic mass is 35.5. The minimum absolute atomic E-state index is 0.209. The first-order chi connectivity index (χ1) is 13.5. The van der Waals surface area contributed by atoms with Crippen molar-refractivity contribution in [2.24, 2.45) is 0 Å². The monoisotopic (exact) mass is 399 g/mol. The van der Waals surface area contributed by atoms with E-state index in [9.17, 15) is 13.6 Å².